The zero-order valence-corrected chi connectivity index (χ0v) is 15.3. The molecule has 0 spiro atoms. The van der Waals surface area contributed by atoms with Gasteiger partial charge in [0, 0.05) is 36.2 Å². The quantitative estimate of drug-likeness (QED) is 0.851. The molecule has 144 valence electrons. The first-order valence-electron chi connectivity index (χ1n) is 9.41. The minimum atomic E-state index is -0.828. The number of carboxylic acids is 1. The van der Waals surface area contributed by atoms with Crippen LogP contribution in [0.3, 0.4) is 0 Å². The third kappa shape index (κ3) is 3.47. The number of pyridine rings is 1. The number of carbonyl (C=O) groups is 3. The van der Waals surface area contributed by atoms with E-state index in [1.165, 1.54) is 0 Å². The predicted octanol–water partition coefficient (Wildman–Crippen LogP) is 2.72. The van der Waals surface area contributed by atoms with Crippen molar-refractivity contribution < 1.29 is 19.5 Å². The second-order valence-corrected chi connectivity index (χ2v) is 7.33. The summed E-state index contributed by atoms with van der Waals surface area (Å²) in [5.41, 5.74) is 3.07. The third-order valence-corrected chi connectivity index (χ3v) is 5.55. The lowest BCUT2D eigenvalue weighted by atomic mass is 10.0. The van der Waals surface area contributed by atoms with E-state index in [1.807, 2.05) is 12.1 Å². The van der Waals surface area contributed by atoms with Crippen LogP contribution in [0.15, 0.2) is 42.7 Å². The van der Waals surface area contributed by atoms with E-state index in [-0.39, 0.29) is 17.7 Å². The number of carboxylic acid groups (broad SMARTS) is 1. The van der Waals surface area contributed by atoms with E-state index < -0.39 is 11.9 Å². The lowest BCUT2D eigenvalue weighted by Gasteiger charge is -2.18. The summed E-state index contributed by atoms with van der Waals surface area (Å²) in [4.78, 5) is 42.0. The maximum atomic E-state index is 12.7. The fourth-order valence-electron chi connectivity index (χ4n) is 4.02. The zero-order valence-electron chi connectivity index (χ0n) is 15.3. The SMILES string of the molecule is O=C(O)[C@@H]1CC[C@H](C(=O)Nc2ccc3c(c2)CCN3C(=O)c2cccnc2)C1. The molecule has 1 aliphatic heterocycles. The lowest BCUT2D eigenvalue weighted by molar-refractivity contribution is -0.141. The average molecular weight is 379 g/mol. The number of amides is 2. The van der Waals surface area contributed by atoms with Gasteiger partial charge < -0.3 is 15.3 Å². The molecule has 0 bridgehead atoms. The number of benzene rings is 1. The zero-order chi connectivity index (χ0) is 19.7. The highest BCUT2D eigenvalue weighted by molar-refractivity contribution is 6.07. The van der Waals surface area contributed by atoms with Gasteiger partial charge >= 0.3 is 5.97 Å². The molecule has 2 amide bonds. The molecule has 1 fully saturated rings. The van der Waals surface area contributed by atoms with Gasteiger partial charge in [0.15, 0.2) is 0 Å². The fourth-order valence-corrected chi connectivity index (χ4v) is 4.02. The Morgan fingerprint density at radius 2 is 1.96 bits per heavy atom. The first-order chi connectivity index (χ1) is 13.5. The van der Waals surface area contributed by atoms with Crippen molar-refractivity contribution in [2.75, 3.05) is 16.8 Å². The van der Waals surface area contributed by atoms with Crippen LogP contribution in [0.5, 0.6) is 0 Å². The Morgan fingerprint density at radius 1 is 1.14 bits per heavy atom. The molecule has 7 nitrogen and oxygen atoms in total. The molecule has 0 unspecified atom stereocenters. The number of rotatable bonds is 4. The summed E-state index contributed by atoms with van der Waals surface area (Å²) in [5, 5.41) is 12.0. The van der Waals surface area contributed by atoms with Gasteiger partial charge in [0.25, 0.3) is 5.91 Å². The standard InChI is InChI=1S/C21H21N3O4/c25-19(14-3-4-15(10-14)21(27)28)23-17-5-6-18-13(11-17)7-9-24(18)20(26)16-2-1-8-22-12-16/h1-2,5-6,8,11-12,14-15H,3-4,7,9-10H2,(H,23,25)(H,27,28)/t14-,15+/m0/s1. The van der Waals surface area contributed by atoms with Gasteiger partial charge in [0.2, 0.25) is 5.91 Å². The molecule has 1 aromatic heterocycles. The second kappa shape index (κ2) is 7.42. The normalized spacial score (nSPS) is 20.6. The van der Waals surface area contributed by atoms with Crippen LogP contribution >= 0.6 is 0 Å². The molecule has 0 saturated heterocycles. The van der Waals surface area contributed by atoms with Gasteiger partial charge in [-0.1, -0.05) is 0 Å². The third-order valence-electron chi connectivity index (χ3n) is 5.55. The van der Waals surface area contributed by atoms with Crippen LogP contribution < -0.4 is 10.2 Å². The van der Waals surface area contributed by atoms with Crippen molar-refractivity contribution in [3.8, 4) is 0 Å². The lowest BCUT2D eigenvalue weighted by Crippen LogP contribution is -2.28. The average Bonchev–Trinajstić information content (AvgIpc) is 3.35. The van der Waals surface area contributed by atoms with Crippen molar-refractivity contribution >= 4 is 29.2 Å². The minimum absolute atomic E-state index is 0.0886. The highest BCUT2D eigenvalue weighted by Crippen LogP contribution is 2.34. The van der Waals surface area contributed by atoms with Gasteiger partial charge in [0.05, 0.1) is 11.5 Å². The first-order valence-corrected chi connectivity index (χ1v) is 9.41. The number of anilines is 2. The summed E-state index contributed by atoms with van der Waals surface area (Å²) in [5.74, 6) is -1.74. The Morgan fingerprint density at radius 3 is 2.68 bits per heavy atom. The monoisotopic (exact) mass is 379 g/mol. The molecule has 1 saturated carbocycles. The van der Waals surface area contributed by atoms with Gasteiger partial charge in [-0.25, -0.2) is 0 Å². The Balaban J connectivity index is 1.45. The molecule has 2 atom stereocenters. The van der Waals surface area contributed by atoms with Gasteiger partial charge in [0.1, 0.15) is 0 Å². The highest BCUT2D eigenvalue weighted by Gasteiger charge is 2.34. The number of nitrogens with zero attached hydrogens (tertiary/aromatic N) is 2. The van der Waals surface area contributed by atoms with E-state index in [9.17, 15) is 14.4 Å². The molecule has 0 radical (unpaired) electrons. The van der Waals surface area contributed by atoms with Crippen LogP contribution in [-0.4, -0.2) is 34.4 Å². The van der Waals surface area contributed by atoms with Crippen molar-refractivity contribution in [2.45, 2.75) is 25.7 Å². The Kier molecular flexibility index (Phi) is 4.81. The second-order valence-electron chi connectivity index (χ2n) is 7.33. The number of nitrogens with one attached hydrogen (secondary N) is 1. The molecule has 2 aliphatic rings. The summed E-state index contributed by atoms with van der Waals surface area (Å²) in [7, 11) is 0. The number of fused-ring (bicyclic) bond motifs is 1. The van der Waals surface area contributed by atoms with Gasteiger partial charge in [-0.15, -0.1) is 0 Å². The molecule has 28 heavy (non-hydrogen) atoms. The van der Waals surface area contributed by atoms with Crippen LogP contribution in [-0.2, 0) is 16.0 Å². The van der Waals surface area contributed by atoms with Crippen molar-refractivity contribution in [3.63, 3.8) is 0 Å². The number of aliphatic carboxylic acids is 1. The molecule has 1 aromatic carbocycles. The Labute approximate surface area is 162 Å². The summed E-state index contributed by atoms with van der Waals surface area (Å²) < 4.78 is 0. The van der Waals surface area contributed by atoms with E-state index in [4.69, 9.17) is 5.11 Å². The van der Waals surface area contributed by atoms with Crippen molar-refractivity contribution in [2.24, 2.45) is 11.8 Å². The topological polar surface area (TPSA) is 99.6 Å². The molecular formula is C21H21N3O4. The van der Waals surface area contributed by atoms with Gasteiger partial charge in [-0.3, -0.25) is 19.4 Å². The van der Waals surface area contributed by atoms with Crippen molar-refractivity contribution in [1.82, 2.24) is 4.98 Å². The highest BCUT2D eigenvalue weighted by atomic mass is 16.4. The largest absolute Gasteiger partial charge is 0.481 e. The van der Waals surface area contributed by atoms with Gasteiger partial charge in [-0.05, 0) is 61.6 Å². The smallest absolute Gasteiger partial charge is 0.306 e. The molecule has 2 aromatic rings. The number of hydrogen-bond donors (Lipinski definition) is 2. The molecule has 7 heteroatoms. The number of aromatic nitrogens is 1. The molecule has 2 N–H and O–H groups in total. The Hall–Kier alpha value is -3.22. The van der Waals surface area contributed by atoms with Crippen molar-refractivity contribution in [3.05, 3.63) is 53.9 Å². The summed E-state index contributed by atoms with van der Waals surface area (Å²) in [6.07, 6.45) is 5.44. The summed E-state index contributed by atoms with van der Waals surface area (Å²) >= 11 is 0. The summed E-state index contributed by atoms with van der Waals surface area (Å²) in [6, 6.07) is 9.01. The number of carbonyl (C=O) groups excluding carboxylic acids is 2. The van der Waals surface area contributed by atoms with Crippen LogP contribution in [0.1, 0.15) is 35.2 Å². The maximum absolute atomic E-state index is 12.7. The summed E-state index contributed by atoms with van der Waals surface area (Å²) in [6.45, 7) is 0.587. The molecule has 2 heterocycles. The Bertz CT molecular complexity index is 929. The molecular weight excluding hydrogens is 358 g/mol. The maximum Gasteiger partial charge on any atom is 0.306 e. The molecule has 1 aliphatic carbocycles. The van der Waals surface area contributed by atoms with Crippen LogP contribution in [0.4, 0.5) is 11.4 Å². The van der Waals surface area contributed by atoms with E-state index in [0.717, 1.165) is 17.7 Å². The first kappa shape index (κ1) is 18.2. The van der Waals surface area contributed by atoms with Crippen LogP contribution in [0.2, 0.25) is 0 Å². The van der Waals surface area contributed by atoms with E-state index >= 15 is 0 Å². The van der Waals surface area contributed by atoms with Crippen LogP contribution in [0, 0.1) is 11.8 Å². The van der Waals surface area contributed by atoms with Gasteiger partial charge in [-0.2, -0.15) is 0 Å². The minimum Gasteiger partial charge on any atom is -0.481 e. The predicted molar refractivity (Wildman–Crippen MR) is 103 cm³/mol. The van der Waals surface area contributed by atoms with E-state index in [2.05, 4.69) is 10.3 Å². The number of hydrogen-bond acceptors (Lipinski definition) is 4. The molecule has 4 rings (SSSR count). The van der Waals surface area contributed by atoms with Crippen LogP contribution in [0.25, 0.3) is 0 Å². The fraction of sp³-hybridized carbons (Fsp3) is 0.333. The van der Waals surface area contributed by atoms with E-state index in [0.29, 0.717) is 37.1 Å². The van der Waals surface area contributed by atoms with E-state index in [1.54, 1.807) is 35.5 Å². The van der Waals surface area contributed by atoms with Crippen molar-refractivity contribution in [1.29, 1.82) is 0 Å².